The highest BCUT2D eigenvalue weighted by atomic mass is 35.5. The van der Waals surface area contributed by atoms with Crippen molar-refractivity contribution in [3.63, 3.8) is 0 Å². The zero-order valence-electron chi connectivity index (χ0n) is 15.4. The minimum Gasteiger partial charge on any atom is -0.469 e. The summed E-state index contributed by atoms with van der Waals surface area (Å²) in [5.41, 5.74) is 4.21. The first-order chi connectivity index (χ1) is 13.5. The van der Waals surface area contributed by atoms with Gasteiger partial charge in [-0.1, -0.05) is 17.7 Å². The second-order valence-electron chi connectivity index (χ2n) is 5.32. The fraction of sp³-hybridized carbons (Fsp3) is 0.333. The topological polar surface area (TPSA) is 89.9 Å². The van der Waals surface area contributed by atoms with Crippen molar-refractivity contribution < 1.29 is 19.1 Å². The number of benzene rings is 1. The van der Waals surface area contributed by atoms with Gasteiger partial charge in [0.05, 0.1) is 43.5 Å². The first kappa shape index (κ1) is 22.2. The molecular weight excluding hydrogens is 422 g/mol. The van der Waals surface area contributed by atoms with E-state index >= 15 is 0 Å². The molecule has 0 radical (unpaired) electrons. The van der Waals surface area contributed by atoms with Gasteiger partial charge in [-0.05, 0) is 19.1 Å². The molecule has 0 aliphatic rings. The summed E-state index contributed by atoms with van der Waals surface area (Å²) in [6.07, 6.45) is 2.04. The molecule has 1 N–H and O–H groups in total. The van der Waals surface area contributed by atoms with Crippen LogP contribution in [0.5, 0.6) is 0 Å². The molecule has 0 amide bonds. The minimum atomic E-state index is -0.312. The van der Waals surface area contributed by atoms with Gasteiger partial charge in [0, 0.05) is 21.6 Å². The van der Waals surface area contributed by atoms with Gasteiger partial charge in [-0.15, -0.1) is 23.1 Å². The maximum Gasteiger partial charge on any atom is 0.311 e. The van der Waals surface area contributed by atoms with Crippen molar-refractivity contribution in [3.8, 4) is 0 Å². The SMILES string of the molecule is CCOC(=O)Cc1csc(NN=Cc2c(Cl)cccc2SCCC(=O)OC)n1. The molecule has 7 nitrogen and oxygen atoms in total. The average molecular weight is 442 g/mol. The molecule has 0 fully saturated rings. The van der Waals surface area contributed by atoms with Crippen molar-refractivity contribution in [1.29, 1.82) is 0 Å². The van der Waals surface area contributed by atoms with Gasteiger partial charge in [0.2, 0.25) is 5.13 Å². The molecule has 0 unspecified atom stereocenters. The molecule has 0 aliphatic carbocycles. The summed E-state index contributed by atoms with van der Waals surface area (Å²) in [4.78, 5) is 27.9. The van der Waals surface area contributed by atoms with Crippen molar-refractivity contribution in [2.24, 2.45) is 5.10 Å². The molecule has 2 rings (SSSR count). The number of thiazole rings is 1. The third-order valence-electron chi connectivity index (χ3n) is 3.34. The Morgan fingerprint density at radius 2 is 2.21 bits per heavy atom. The van der Waals surface area contributed by atoms with Crippen LogP contribution < -0.4 is 5.43 Å². The number of carbonyl (C=O) groups is 2. The van der Waals surface area contributed by atoms with E-state index < -0.39 is 0 Å². The summed E-state index contributed by atoms with van der Waals surface area (Å²) in [7, 11) is 1.37. The summed E-state index contributed by atoms with van der Waals surface area (Å²) in [6.45, 7) is 2.10. The monoisotopic (exact) mass is 441 g/mol. The number of nitrogens with one attached hydrogen (secondary N) is 1. The molecule has 1 aromatic carbocycles. The van der Waals surface area contributed by atoms with Gasteiger partial charge in [0.1, 0.15) is 0 Å². The van der Waals surface area contributed by atoms with Gasteiger partial charge in [-0.3, -0.25) is 15.0 Å². The number of aromatic nitrogens is 1. The van der Waals surface area contributed by atoms with E-state index in [1.807, 2.05) is 12.1 Å². The van der Waals surface area contributed by atoms with Crippen molar-refractivity contribution in [2.75, 3.05) is 24.9 Å². The van der Waals surface area contributed by atoms with Crippen LogP contribution in [0.4, 0.5) is 5.13 Å². The quantitative estimate of drug-likeness (QED) is 0.258. The van der Waals surface area contributed by atoms with Crippen molar-refractivity contribution in [1.82, 2.24) is 4.98 Å². The van der Waals surface area contributed by atoms with Crippen LogP contribution in [0.3, 0.4) is 0 Å². The van der Waals surface area contributed by atoms with E-state index in [1.165, 1.54) is 30.2 Å². The van der Waals surface area contributed by atoms with E-state index in [2.05, 4.69) is 20.2 Å². The van der Waals surface area contributed by atoms with Crippen LogP contribution in [0.1, 0.15) is 24.6 Å². The lowest BCUT2D eigenvalue weighted by Gasteiger charge is -2.07. The number of hydrogen-bond acceptors (Lipinski definition) is 9. The second kappa shape index (κ2) is 11.7. The number of anilines is 1. The standard InChI is InChI=1S/C18H20ClN3O4S2/c1-3-26-17(24)9-12-11-28-18(21-12)22-20-10-13-14(19)5-4-6-15(13)27-8-7-16(23)25-2/h4-6,10-11H,3,7-9H2,1-2H3,(H,21,22). The zero-order valence-corrected chi connectivity index (χ0v) is 17.8. The van der Waals surface area contributed by atoms with Crippen LogP contribution in [-0.2, 0) is 25.5 Å². The maximum atomic E-state index is 11.5. The molecule has 0 spiro atoms. The Labute approximate surface area is 176 Å². The Bertz CT molecular complexity index is 842. The third-order valence-corrected chi connectivity index (χ3v) is 5.54. The molecule has 150 valence electrons. The number of hydrogen-bond donors (Lipinski definition) is 1. The van der Waals surface area contributed by atoms with Gasteiger partial charge in [-0.2, -0.15) is 5.10 Å². The number of hydrazone groups is 1. The van der Waals surface area contributed by atoms with Crippen LogP contribution in [0.15, 0.2) is 33.6 Å². The molecule has 1 aromatic heterocycles. The number of rotatable bonds is 10. The fourth-order valence-electron chi connectivity index (χ4n) is 2.07. The lowest BCUT2D eigenvalue weighted by Crippen LogP contribution is -2.07. The van der Waals surface area contributed by atoms with E-state index in [-0.39, 0.29) is 18.4 Å². The summed E-state index contributed by atoms with van der Waals surface area (Å²) < 4.78 is 9.55. The molecule has 0 atom stereocenters. The number of esters is 2. The molecule has 0 saturated carbocycles. The average Bonchev–Trinajstić information content (AvgIpc) is 3.10. The molecule has 2 aromatic rings. The normalized spacial score (nSPS) is 10.8. The van der Waals surface area contributed by atoms with Gasteiger partial charge < -0.3 is 9.47 Å². The molecule has 0 saturated heterocycles. The Hall–Kier alpha value is -2.10. The lowest BCUT2D eigenvalue weighted by molar-refractivity contribution is -0.142. The fourth-order valence-corrected chi connectivity index (χ4v) is 3.99. The van der Waals surface area contributed by atoms with E-state index in [9.17, 15) is 9.59 Å². The highest BCUT2D eigenvalue weighted by molar-refractivity contribution is 7.99. The summed E-state index contributed by atoms with van der Waals surface area (Å²) in [5.74, 6) is 0.00619. The highest BCUT2D eigenvalue weighted by Gasteiger charge is 2.09. The number of methoxy groups -OCH3 is 1. The first-order valence-corrected chi connectivity index (χ1v) is 10.6. The van der Waals surface area contributed by atoms with Crippen LogP contribution in [0.2, 0.25) is 5.02 Å². The Morgan fingerprint density at radius 1 is 1.39 bits per heavy atom. The van der Waals surface area contributed by atoms with Crippen LogP contribution in [0.25, 0.3) is 0 Å². The molecular formula is C18H20ClN3O4S2. The predicted octanol–water partition coefficient (Wildman–Crippen LogP) is 4.00. The lowest BCUT2D eigenvalue weighted by atomic mass is 10.2. The van der Waals surface area contributed by atoms with Crippen molar-refractivity contribution in [3.05, 3.63) is 39.9 Å². The molecule has 0 aliphatic heterocycles. The molecule has 0 bridgehead atoms. The van der Waals surface area contributed by atoms with Crippen LogP contribution in [-0.4, -0.2) is 42.6 Å². The number of ether oxygens (including phenoxy) is 2. The smallest absolute Gasteiger partial charge is 0.311 e. The Kier molecular flexibility index (Phi) is 9.26. The minimum absolute atomic E-state index is 0.126. The van der Waals surface area contributed by atoms with Crippen LogP contribution >= 0.6 is 34.7 Å². The summed E-state index contributed by atoms with van der Waals surface area (Å²) >= 11 is 9.12. The number of halogens is 1. The Balaban J connectivity index is 1.97. The highest BCUT2D eigenvalue weighted by Crippen LogP contribution is 2.28. The van der Waals surface area contributed by atoms with Gasteiger partial charge in [0.25, 0.3) is 0 Å². The van der Waals surface area contributed by atoms with Gasteiger partial charge in [0.15, 0.2) is 0 Å². The second-order valence-corrected chi connectivity index (χ2v) is 7.72. The molecule has 28 heavy (non-hydrogen) atoms. The number of nitrogens with zero attached hydrogens (tertiary/aromatic N) is 2. The van der Waals surface area contributed by atoms with E-state index in [1.54, 1.807) is 24.6 Å². The summed E-state index contributed by atoms with van der Waals surface area (Å²) in [6, 6.07) is 5.53. The van der Waals surface area contributed by atoms with Gasteiger partial charge >= 0.3 is 11.9 Å². The number of carbonyl (C=O) groups excluding carboxylic acids is 2. The largest absolute Gasteiger partial charge is 0.469 e. The third kappa shape index (κ3) is 7.14. The van der Waals surface area contributed by atoms with E-state index in [4.69, 9.17) is 16.3 Å². The van der Waals surface area contributed by atoms with Crippen LogP contribution in [0, 0.1) is 0 Å². The maximum absolute atomic E-state index is 11.5. The molecule has 1 heterocycles. The predicted molar refractivity (Wildman–Crippen MR) is 112 cm³/mol. The van der Waals surface area contributed by atoms with Gasteiger partial charge in [-0.25, -0.2) is 4.98 Å². The van der Waals surface area contributed by atoms with Crippen molar-refractivity contribution >= 4 is 58.0 Å². The number of thioether (sulfide) groups is 1. The summed E-state index contributed by atoms with van der Waals surface area (Å²) in [5, 5.41) is 7.07. The first-order valence-electron chi connectivity index (χ1n) is 8.40. The van der Waals surface area contributed by atoms with E-state index in [0.29, 0.717) is 34.6 Å². The Morgan fingerprint density at radius 3 is 2.96 bits per heavy atom. The van der Waals surface area contributed by atoms with Crippen molar-refractivity contribution in [2.45, 2.75) is 24.7 Å². The molecule has 10 heteroatoms. The zero-order chi connectivity index (χ0) is 20.4. The van der Waals surface area contributed by atoms with E-state index in [0.717, 1.165) is 10.5 Å².